The van der Waals surface area contributed by atoms with Gasteiger partial charge in [0.1, 0.15) is 6.04 Å². The first-order valence-corrected chi connectivity index (χ1v) is 5.64. The second-order valence-corrected chi connectivity index (χ2v) is 4.33. The van der Waals surface area contributed by atoms with Crippen LogP contribution in [-0.2, 0) is 11.2 Å². The molecule has 0 aliphatic carbocycles. The highest BCUT2D eigenvalue weighted by Gasteiger charge is 2.28. The highest BCUT2D eigenvalue weighted by molar-refractivity contribution is 5.85. The number of hydrogen-bond acceptors (Lipinski definition) is 2. The van der Waals surface area contributed by atoms with Gasteiger partial charge in [-0.3, -0.25) is 9.69 Å². The molecule has 1 unspecified atom stereocenters. The van der Waals surface area contributed by atoms with Crippen LogP contribution >= 0.6 is 0 Å². The van der Waals surface area contributed by atoms with E-state index >= 15 is 0 Å². The number of hydrogen-bond donors (Lipinski definition) is 1. The molecule has 0 fully saturated rings. The summed E-state index contributed by atoms with van der Waals surface area (Å²) in [6.45, 7) is 0. The Kier molecular flexibility index (Phi) is 4.71. The Balaban J connectivity index is 2.91. The highest BCUT2D eigenvalue weighted by Crippen LogP contribution is 2.10. The summed E-state index contributed by atoms with van der Waals surface area (Å²) in [4.78, 5) is 25.5. The molecule has 0 bridgehead atoms. The van der Waals surface area contributed by atoms with Crippen LogP contribution in [0.15, 0.2) is 30.3 Å². The molecule has 2 amide bonds. The van der Waals surface area contributed by atoms with Crippen LogP contribution in [0.2, 0.25) is 0 Å². The molecule has 18 heavy (non-hydrogen) atoms. The van der Waals surface area contributed by atoms with Gasteiger partial charge in [-0.2, -0.15) is 0 Å². The van der Waals surface area contributed by atoms with Crippen LogP contribution in [0.4, 0.5) is 4.79 Å². The highest BCUT2D eigenvalue weighted by atomic mass is 16.4. The molecule has 5 heteroatoms. The van der Waals surface area contributed by atoms with Crippen LogP contribution in [0, 0.1) is 0 Å². The van der Waals surface area contributed by atoms with Gasteiger partial charge < -0.3 is 10.0 Å². The van der Waals surface area contributed by atoms with Gasteiger partial charge in [-0.15, -0.1) is 0 Å². The number of likely N-dealkylation sites (N-methyl/N-ethyl adjacent to an activating group) is 2. The topological polar surface area (TPSA) is 60.9 Å². The van der Waals surface area contributed by atoms with Crippen molar-refractivity contribution >= 4 is 12.0 Å². The van der Waals surface area contributed by atoms with Crippen molar-refractivity contribution in [2.45, 2.75) is 12.5 Å². The van der Waals surface area contributed by atoms with E-state index in [1.54, 1.807) is 14.1 Å². The zero-order chi connectivity index (χ0) is 13.7. The lowest BCUT2D eigenvalue weighted by atomic mass is 10.0. The lowest BCUT2D eigenvalue weighted by Crippen LogP contribution is -2.48. The molecule has 0 heterocycles. The van der Waals surface area contributed by atoms with Gasteiger partial charge in [0.15, 0.2) is 0 Å². The Hall–Kier alpha value is -2.04. The van der Waals surface area contributed by atoms with Crippen molar-refractivity contribution in [1.82, 2.24) is 9.80 Å². The number of carbonyl (C=O) groups excluding carboxylic acids is 1. The van der Waals surface area contributed by atoms with Gasteiger partial charge in [-0.05, 0) is 5.56 Å². The largest absolute Gasteiger partial charge is 0.465 e. The zero-order valence-electron chi connectivity index (χ0n) is 10.8. The predicted octanol–water partition coefficient (Wildman–Crippen LogP) is 1.30. The molecule has 98 valence electrons. The van der Waals surface area contributed by atoms with Crippen LogP contribution in [0.1, 0.15) is 5.56 Å². The third-order valence-electron chi connectivity index (χ3n) is 2.77. The molecule has 1 aromatic carbocycles. The Labute approximate surface area is 107 Å². The van der Waals surface area contributed by atoms with Crippen molar-refractivity contribution in [3.8, 4) is 0 Å². The minimum atomic E-state index is -1.11. The molecular formula is C13H18N2O3. The smallest absolute Gasteiger partial charge is 0.407 e. The van der Waals surface area contributed by atoms with E-state index in [4.69, 9.17) is 5.11 Å². The van der Waals surface area contributed by atoms with E-state index in [1.165, 1.54) is 11.9 Å². The predicted molar refractivity (Wildman–Crippen MR) is 68.4 cm³/mol. The number of rotatable bonds is 4. The molecule has 1 aromatic rings. The second-order valence-electron chi connectivity index (χ2n) is 4.33. The van der Waals surface area contributed by atoms with Crippen molar-refractivity contribution in [3.05, 3.63) is 35.9 Å². The summed E-state index contributed by atoms with van der Waals surface area (Å²) in [5.74, 6) is -0.219. The number of amides is 2. The van der Waals surface area contributed by atoms with Crippen LogP contribution in [-0.4, -0.2) is 54.1 Å². The molecule has 5 nitrogen and oxygen atoms in total. The lowest BCUT2D eigenvalue weighted by Gasteiger charge is -2.27. The summed E-state index contributed by atoms with van der Waals surface area (Å²) < 4.78 is 0. The van der Waals surface area contributed by atoms with Crippen molar-refractivity contribution in [1.29, 1.82) is 0 Å². The number of benzene rings is 1. The second kappa shape index (κ2) is 6.05. The maximum absolute atomic E-state index is 12.0. The summed E-state index contributed by atoms with van der Waals surface area (Å²) in [7, 11) is 4.66. The Bertz CT molecular complexity index is 418. The summed E-state index contributed by atoms with van der Waals surface area (Å²) in [6, 6.07) is 8.69. The van der Waals surface area contributed by atoms with E-state index in [1.807, 2.05) is 30.3 Å². The Morgan fingerprint density at radius 1 is 1.17 bits per heavy atom. The molecule has 1 N–H and O–H groups in total. The molecule has 0 aliphatic rings. The van der Waals surface area contributed by atoms with E-state index < -0.39 is 12.1 Å². The molecule has 0 spiro atoms. The fourth-order valence-electron chi connectivity index (χ4n) is 1.66. The van der Waals surface area contributed by atoms with Crippen molar-refractivity contribution in [3.63, 3.8) is 0 Å². The monoisotopic (exact) mass is 250 g/mol. The van der Waals surface area contributed by atoms with Gasteiger partial charge in [-0.25, -0.2) is 4.79 Å². The minimum Gasteiger partial charge on any atom is -0.465 e. The van der Waals surface area contributed by atoms with Crippen LogP contribution in [0.5, 0.6) is 0 Å². The Morgan fingerprint density at radius 2 is 1.72 bits per heavy atom. The molecular weight excluding hydrogens is 232 g/mol. The molecule has 1 atom stereocenters. The van der Waals surface area contributed by atoms with E-state index in [0.29, 0.717) is 6.42 Å². The zero-order valence-corrected chi connectivity index (χ0v) is 10.8. The molecule has 0 aliphatic heterocycles. The minimum absolute atomic E-state index is 0.219. The standard InChI is InChI=1S/C13H18N2O3/c1-14(2)12(16)11(15(3)13(17)18)9-10-7-5-4-6-8-10/h4-8,11H,9H2,1-3H3,(H,17,18). The van der Waals surface area contributed by atoms with Gasteiger partial charge >= 0.3 is 6.09 Å². The van der Waals surface area contributed by atoms with E-state index in [0.717, 1.165) is 10.5 Å². The Morgan fingerprint density at radius 3 is 2.17 bits per heavy atom. The third kappa shape index (κ3) is 3.48. The molecule has 0 radical (unpaired) electrons. The van der Waals surface area contributed by atoms with Crippen LogP contribution < -0.4 is 0 Å². The fraction of sp³-hybridized carbons (Fsp3) is 0.385. The molecule has 0 saturated heterocycles. The first-order valence-electron chi connectivity index (χ1n) is 5.64. The van der Waals surface area contributed by atoms with E-state index in [2.05, 4.69) is 0 Å². The molecule has 0 saturated carbocycles. The third-order valence-corrected chi connectivity index (χ3v) is 2.77. The van der Waals surface area contributed by atoms with Crippen LogP contribution in [0.25, 0.3) is 0 Å². The van der Waals surface area contributed by atoms with Crippen LogP contribution in [0.3, 0.4) is 0 Å². The van der Waals surface area contributed by atoms with Gasteiger partial charge in [0.05, 0.1) is 0 Å². The van der Waals surface area contributed by atoms with Gasteiger partial charge in [-0.1, -0.05) is 30.3 Å². The van der Waals surface area contributed by atoms with Gasteiger partial charge in [0.2, 0.25) is 5.91 Å². The summed E-state index contributed by atoms with van der Waals surface area (Å²) >= 11 is 0. The first-order chi connectivity index (χ1) is 8.43. The van der Waals surface area contributed by atoms with Gasteiger partial charge in [0.25, 0.3) is 0 Å². The average Bonchev–Trinajstić information content (AvgIpc) is 2.35. The van der Waals surface area contributed by atoms with E-state index in [-0.39, 0.29) is 5.91 Å². The molecule has 0 aromatic heterocycles. The summed E-state index contributed by atoms with van der Waals surface area (Å²) in [5.41, 5.74) is 0.936. The van der Waals surface area contributed by atoms with E-state index in [9.17, 15) is 9.59 Å². The number of carboxylic acid groups (broad SMARTS) is 1. The number of carbonyl (C=O) groups is 2. The maximum Gasteiger partial charge on any atom is 0.407 e. The first kappa shape index (κ1) is 14.0. The summed E-state index contributed by atoms with van der Waals surface area (Å²) in [6.07, 6.45) is -0.730. The SMILES string of the molecule is CN(C)C(=O)C(Cc1ccccc1)N(C)C(=O)O. The average molecular weight is 250 g/mol. The lowest BCUT2D eigenvalue weighted by molar-refractivity contribution is -0.133. The quantitative estimate of drug-likeness (QED) is 0.876. The van der Waals surface area contributed by atoms with Crippen molar-refractivity contribution in [2.75, 3.05) is 21.1 Å². The molecule has 1 rings (SSSR count). The van der Waals surface area contributed by atoms with Crippen molar-refractivity contribution in [2.24, 2.45) is 0 Å². The maximum atomic E-state index is 12.0. The summed E-state index contributed by atoms with van der Waals surface area (Å²) in [5, 5.41) is 9.02. The van der Waals surface area contributed by atoms with Gasteiger partial charge in [0, 0.05) is 27.6 Å². The fourth-order valence-corrected chi connectivity index (χ4v) is 1.66. The van der Waals surface area contributed by atoms with Crippen molar-refractivity contribution < 1.29 is 14.7 Å². The normalized spacial score (nSPS) is 11.7. The number of nitrogens with zero attached hydrogens (tertiary/aromatic N) is 2.